The summed E-state index contributed by atoms with van der Waals surface area (Å²) in [5.74, 6) is 2.98. The predicted octanol–water partition coefficient (Wildman–Crippen LogP) is 2.55. The second-order valence-corrected chi connectivity index (χ2v) is 8.38. The van der Waals surface area contributed by atoms with Crippen molar-refractivity contribution in [1.29, 1.82) is 0 Å². The second-order valence-electron chi connectivity index (χ2n) is 6.31. The zero-order valence-electron chi connectivity index (χ0n) is 15.5. The summed E-state index contributed by atoms with van der Waals surface area (Å²) < 4.78 is 0. The molecule has 0 bridgehead atoms. The molecule has 0 aromatic heterocycles. The number of piperazine rings is 1. The molecular weight excluding hydrogens is 350 g/mol. The monoisotopic (exact) mass is 381 g/mol. The van der Waals surface area contributed by atoms with Crippen molar-refractivity contribution >= 4 is 35.2 Å². The highest BCUT2D eigenvalue weighted by molar-refractivity contribution is 7.99. The summed E-state index contributed by atoms with van der Waals surface area (Å²) in [6.45, 7) is 7.93. The fourth-order valence-corrected chi connectivity index (χ4v) is 4.13. The summed E-state index contributed by atoms with van der Waals surface area (Å²) in [4.78, 5) is 8.50. The third kappa shape index (κ3) is 6.73. The third-order valence-corrected chi connectivity index (χ3v) is 5.76. The van der Waals surface area contributed by atoms with E-state index in [9.17, 15) is 0 Å². The Morgan fingerprint density at radius 2 is 2.00 bits per heavy atom. The van der Waals surface area contributed by atoms with Gasteiger partial charge in [0.05, 0.1) is 12.2 Å². The molecule has 2 rings (SSSR count). The van der Waals surface area contributed by atoms with E-state index in [4.69, 9.17) is 10.7 Å². The topological polar surface area (TPSA) is 65.7 Å². The van der Waals surface area contributed by atoms with Gasteiger partial charge in [0, 0.05) is 48.1 Å². The van der Waals surface area contributed by atoms with Gasteiger partial charge in [-0.1, -0.05) is 12.1 Å². The predicted molar refractivity (Wildman–Crippen MR) is 114 cm³/mol. The summed E-state index contributed by atoms with van der Waals surface area (Å²) in [6, 6.07) is 9.33. The van der Waals surface area contributed by atoms with Crippen LogP contribution in [0, 0.1) is 0 Å². The molecule has 4 N–H and O–H groups in total. The van der Waals surface area contributed by atoms with Crippen LogP contribution in [0.1, 0.15) is 13.8 Å². The molecule has 5 nitrogen and oxygen atoms in total. The van der Waals surface area contributed by atoms with Gasteiger partial charge < -0.3 is 21.3 Å². The lowest BCUT2D eigenvalue weighted by atomic mass is 10.1. The second kappa shape index (κ2) is 11.0. The lowest BCUT2D eigenvalue weighted by molar-refractivity contribution is 0.254. The lowest BCUT2D eigenvalue weighted by Gasteiger charge is -2.38. The van der Waals surface area contributed by atoms with Crippen LogP contribution in [0.15, 0.2) is 34.2 Å². The summed E-state index contributed by atoms with van der Waals surface area (Å²) in [6.07, 6.45) is 2.11. The standard InChI is InChI=1S/C18H31N5S2/c1-14-12-23(13-15(2)21-14)18(20-9-11-25-10-8-19)22-16-6-4-5-7-17(16)24-3/h4-7,14-15,21H,8-13,19H2,1-3H3,(H,20,22). The number of hydrogen-bond donors (Lipinski definition) is 3. The first kappa shape index (κ1) is 20.4. The average Bonchev–Trinajstić information content (AvgIpc) is 2.60. The molecule has 0 radical (unpaired) electrons. The van der Waals surface area contributed by atoms with Crippen LogP contribution in [0.5, 0.6) is 0 Å². The number of thioether (sulfide) groups is 2. The molecule has 1 aromatic rings. The molecule has 2 unspecified atom stereocenters. The highest BCUT2D eigenvalue weighted by atomic mass is 32.2. The van der Waals surface area contributed by atoms with Crippen molar-refractivity contribution in [3.05, 3.63) is 24.3 Å². The van der Waals surface area contributed by atoms with Gasteiger partial charge in [-0.15, -0.1) is 11.8 Å². The smallest absolute Gasteiger partial charge is 0.198 e. The van der Waals surface area contributed by atoms with Crippen LogP contribution < -0.4 is 16.4 Å². The fourth-order valence-electron chi connectivity index (χ4n) is 2.99. The zero-order chi connectivity index (χ0) is 18.1. The number of aliphatic imine (C=N–C) groups is 1. The quantitative estimate of drug-likeness (QED) is 0.292. The molecule has 1 heterocycles. The summed E-state index contributed by atoms with van der Waals surface area (Å²) in [5, 5.41) is 7.18. The zero-order valence-corrected chi connectivity index (χ0v) is 17.1. The number of rotatable bonds is 7. The molecule has 0 spiro atoms. The Bertz CT molecular complexity index is 542. The first-order valence-electron chi connectivity index (χ1n) is 8.87. The third-order valence-electron chi connectivity index (χ3n) is 3.97. The minimum atomic E-state index is 0.457. The molecule has 25 heavy (non-hydrogen) atoms. The molecule has 1 aliphatic rings. The molecule has 1 aliphatic heterocycles. The number of hydrogen-bond acceptors (Lipinski definition) is 5. The van der Waals surface area contributed by atoms with Gasteiger partial charge in [-0.05, 0) is 32.2 Å². The molecule has 140 valence electrons. The van der Waals surface area contributed by atoms with Crippen LogP contribution in [0.3, 0.4) is 0 Å². The highest BCUT2D eigenvalue weighted by Gasteiger charge is 2.24. The molecule has 1 aromatic carbocycles. The van der Waals surface area contributed by atoms with Crippen molar-refractivity contribution in [2.75, 3.05) is 49.3 Å². The van der Waals surface area contributed by atoms with Gasteiger partial charge in [0.25, 0.3) is 0 Å². The van der Waals surface area contributed by atoms with Crippen LogP contribution in [-0.4, -0.2) is 66.9 Å². The van der Waals surface area contributed by atoms with E-state index in [0.717, 1.165) is 49.3 Å². The van der Waals surface area contributed by atoms with Crippen molar-refractivity contribution in [3.63, 3.8) is 0 Å². The van der Waals surface area contributed by atoms with E-state index in [1.54, 1.807) is 11.8 Å². The van der Waals surface area contributed by atoms with E-state index in [-0.39, 0.29) is 0 Å². The van der Waals surface area contributed by atoms with Gasteiger partial charge >= 0.3 is 0 Å². The molecule has 0 aliphatic carbocycles. The van der Waals surface area contributed by atoms with E-state index < -0.39 is 0 Å². The van der Waals surface area contributed by atoms with Gasteiger partial charge in [0.2, 0.25) is 0 Å². The van der Waals surface area contributed by atoms with E-state index in [0.29, 0.717) is 12.1 Å². The number of nitrogens with two attached hydrogens (primary N) is 1. The summed E-state index contributed by atoms with van der Waals surface area (Å²) in [7, 11) is 0. The van der Waals surface area contributed by atoms with Crippen molar-refractivity contribution in [3.8, 4) is 0 Å². The molecular formula is C18H31N5S2. The fraction of sp³-hybridized carbons (Fsp3) is 0.611. The Kier molecular flexibility index (Phi) is 8.95. The normalized spacial score (nSPS) is 21.4. The highest BCUT2D eigenvalue weighted by Crippen LogP contribution is 2.25. The van der Waals surface area contributed by atoms with Gasteiger partial charge in [0.15, 0.2) is 5.96 Å². The number of nitrogens with zero attached hydrogens (tertiary/aromatic N) is 2. The Hall–Kier alpha value is -0.890. The number of nitrogens with one attached hydrogen (secondary N) is 2. The Balaban J connectivity index is 2.12. The number of anilines is 1. The largest absolute Gasteiger partial charge is 0.340 e. The van der Waals surface area contributed by atoms with Crippen LogP contribution in [0.2, 0.25) is 0 Å². The minimum Gasteiger partial charge on any atom is -0.340 e. The Morgan fingerprint density at radius 1 is 1.28 bits per heavy atom. The average molecular weight is 382 g/mol. The first-order chi connectivity index (χ1) is 12.1. The lowest BCUT2D eigenvalue weighted by Crippen LogP contribution is -2.57. The Labute approximate surface area is 160 Å². The minimum absolute atomic E-state index is 0.457. The Morgan fingerprint density at radius 3 is 2.68 bits per heavy atom. The maximum absolute atomic E-state index is 5.57. The van der Waals surface area contributed by atoms with Gasteiger partial charge in [-0.2, -0.15) is 11.8 Å². The van der Waals surface area contributed by atoms with E-state index in [1.807, 2.05) is 11.8 Å². The summed E-state index contributed by atoms with van der Waals surface area (Å²) in [5.41, 5.74) is 6.69. The molecule has 0 saturated carbocycles. The molecule has 1 fully saturated rings. The van der Waals surface area contributed by atoms with Gasteiger partial charge in [0.1, 0.15) is 0 Å². The van der Waals surface area contributed by atoms with Gasteiger partial charge in [-0.25, -0.2) is 0 Å². The van der Waals surface area contributed by atoms with Crippen molar-refractivity contribution in [2.24, 2.45) is 10.7 Å². The maximum Gasteiger partial charge on any atom is 0.198 e. The van der Waals surface area contributed by atoms with Crippen LogP contribution in [0.4, 0.5) is 5.69 Å². The molecule has 1 saturated heterocycles. The molecule has 2 atom stereocenters. The van der Waals surface area contributed by atoms with Crippen LogP contribution in [0.25, 0.3) is 0 Å². The van der Waals surface area contributed by atoms with Crippen molar-refractivity contribution < 1.29 is 0 Å². The van der Waals surface area contributed by atoms with E-state index in [1.165, 1.54) is 4.90 Å². The SMILES string of the molecule is CSc1ccccc1NC(=NCCSCCN)N1CC(C)NC(C)C1. The first-order valence-corrected chi connectivity index (χ1v) is 11.2. The number of para-hydroxylation sites is 1. The van der Waals surface area contributed by atoms with Crippen LogP contribution >= 0.6 is 23.5 Å². The van der Waals surface area contributed by atoms with E-state index >= 15 is 0 Å². The maximum atomic E-state index is 5.57. The van der Waals surface area contributed by atoms with E-state index in [2.05, 4.69) is 59.9 Å². The molecule has 7 heteroatoms. The number of guanidine groups is 1. The van der Waals surface area contributed by atoms with Crippen molar-refractivity contribution in [1.82, 2.24) is 10.2 Å². The number of benzene rings is 1. The summed E-state index contributed by atoms with van der Waals surface area (Å²) >= 11 is 3.62. The molecule has 0 amide bonds. The van der Waals surface area contributed by atoms with Gasteiger partial charge in [-0.3, -0.25) is 4.99 Å². The van der Waals surface area contributed by atoms with Crippen molar-refractivity contribution in [2.45, 2.75) is 30.8 Å². The van der Waals surface area contributed by atoms with Crippen LogP contribution in [-0.2, 0) is 0 Å².